The van der Waals surface area contributed by atoms with Crippen LogP contribution in [-0.2, 0) is 11.3 Å². The molecule has 1 saturated heterocycles. The maximum Gasteiger partial charge on any atom is 0.410 e. The van der Waals surface area contributed by atoms with Crippen LogP contribution < -0.4 is 0 Å². The van der Waals surface area contributed by atoms with Gasteiger partial charge >= 0.3 is 6.09 Å². The first-order valence-corrected chi connectivity index (χ1v) is 11.9. The number of hydrogen-bond acceptors (Lipinski definition) is 3. The summed E-state index contributed by atoms with van der Waals surface area (Å²) in [5.41, 5.74) is 1.44. The lowest BCUT2D eigenvalue weighted by Crippen LogP contribution is -2.41. The van der Waals surface area contributed by atoms with E-state index < -0.39 is 5.60 Å². The van der Waals surface area contributed by atoms with Crippen LogP contribution in [0.1, 0.15) is 51.8 Å². The highest BCUT2D eigenvalue weighted by Gasteiger charge is 2.30. The van der Waals surface area contributed by atoms with Gasteiger partial charge in [0, 0.05) is 30.0 Å². The summed E-state index contributed by atoms with van der Waals surface area (Å²) < 4.78 is 8.87. The number of likely N-dealkylation sites (tertiary alicyclic amines) is 1. The van der Waals surface area contributed by atoms with Gasteiger partial charge < -0.3 is 14.2 Å². The monoisotopic (exact) mass is 537 g/mol. The van der Waals surface area contributed by atoms with Crippen LogP contribution in [0.25, 0.3) is 11.0 Å². The quantitative estimate of drug-likeness (QED) is 0.340. The van der Waals surface area contributed by atoms with E-state index in [-0.39, 0.29) is 6.09 Å². The van der Waals surface area contributed by atoms with Crippen LogP contribution in [0.3, 0.4) is 0 Å². The zero-order valence-electron chi connectivity index (χ0n) is 16.5. The van der Waals surface area contributed by atoms with Crippen molar-refractivity contribution in [2.24, 2.45) is 0 Å². The van der Waals surface area contributed by atoms with Crippen LogP contribution >= 0.6 is 45.8 Å². The molecule has 0 atom stereocenters. The fourth-order valence-corrected chi connectivity index (χ4v) is 4.21. The first-order valence-electron chi connectivity index (χ1n) is 9.58. The summed E-state index contributed by atoms with van der Waals surface area (Å²) in [6.07, 6.45) is 2.57. The predicted molar refractivity (Wildman–Crippen MR) is 123 cm³/mol. The number of ether oxygens (including phenoxy) is 1. The van der Waals surface area contributed by atoms with Gasteiger partial charge in [-0.3, -0.25) is 0 Å². The molecule has 0 aliphatic carbocycles. The Morgan fingerprint density at radius 3 is 2.50 bits per heavy atom. The number of amides is 1. The Kier molecular flexibility index (Phi) is 7.03. The SMILES string of the molecule is CC(C)(C)OC(=O)N1CCC(c2nc3cc(Cl)c(Cl)cc3n2CCCI)CC1. The molecule has 1 aliphatic heterocycles. The van der Waals surface area contributed by atoms with Crippen LogP contribution in [0, 0.1) is 0 Å². The summed E-state index contributed by atoms with van der Waals surface area (Å²) >= 11 is 14.9. The minimum absolute atomic E-state index is 0.233. The van der Waals surface area contributed by atoms with Crippen LogP contribution in [0.5, 0.6) is 0 Å². The number of aryl methyl sites for hydroxylation is 1. The molecule has 3 rings (SSSR count). The number of rotatable bonds is 4. The summed E-state index contributed by atoms with van der Waals surface area (Å²) in [5, 5.41) is 1.08. The Bertz CT molecular complexity index is 855. The number of carbonyl (C=O) groups is 1. The van der Waals surface area contributed by atoms with Gasteiger partial charge in [-0.2, -0.15) is 0 Å². The van der Waals surface area contributed by atoms with Crippen molar-refractivity contribution in [3.63, 3.8) is 0 Å². The normalized spacial score (nSPS) is 16.0. The molecule has 2 aromatic rings. The van der Waals surface area contributed by atoms with Gasteiger partial charge in [-0.25, -0.2) is 9.78 Å². The van der Waals surface area contributed by atoms with Crippen molar-refractivity contribution >= 4 is 62.9 Å². The molecule has 0 unspecified atom stereocenters. The Morgan fingerprint density at radius 1 is 1.25 bits per heavy atom. The third-order valence-corrected chi connectivity index (χ3v) is 6.33. The van der Waals surface area contributed by atoms with Gasteiger partial charge in [0.05, 0.1) is 21.1 Å². The highest BCUT2D eigenvalue weighted by Crippen LogP contribution is 2.34. The molecule has 28 heavy (non-hydrogen) atoms. The first kappa shape index (κ1) is 22.0. The fourth-order valence-electron chi connectivity index (χ4n) is 3.55. The molecule has 1 amide bonds. The highest BCUT2D eigenvalue weighted by molar-refractivity contribution is 14.1. The maximum atomic E-state index is 12.3. The standard InChI is InChI=1S/C20H26Cl2IN3O2/c1-20(2,3)28-19(27)25-9-5-13(6-10-25)18-24-16-11-14(21)15(22)12-17(16)26(18)8-4-7-23/h11-13H,4-10H2,1-3H3. The summed E-state index contributed by atoms with van der Waals surface area (Å²) in [4.78, 5) is 19.0. The molecule has 5 nitrogen and oxygen atoms in total. The lowest BCUT2D eigenvalue weighted by Gasteiger charge is -2.33. The summed E-state index contributed by atoms with van der Waals surface area (Å²) in [7, 11) is 0. The minimum atomic E-state index is -0.472. The number of aromatic nitrogens is 2. The molecule has 8 heteroatoms. The topological polar surface area (TPSA) is 47.4 Å². The van der Waals surface area contributed by atoms with Crippen molar-refractivity contribution in [2.75, 3.05) is 17.5 Å². The molecule has 1 fully saturated rings. The molecule has 1 aliphatic rings. The molecule has 1 aromatic heterocycles. The van der Waals surface area contributed by atoms with E-state index in [1.54, 1.807) is 4.90 Å². The van der Waals surface area contributed by atoms with Gasteiger partial charge in [-0.05, 0) is 52.2 Å². The predicted octanol–water partition coefficient (Wildman–Crippen LogP) is 6.28. The summed E-state index contributed by atoms with van der Waals surface area (Å²) in [5.74, 6) is 1.37. The summed E-state index contributed by atoms with van der Waals surface area (Å²) in [6, 6.07) is 3.76. The molecule has 154 valence electrons. The molecule has 0 bridgehead atoms. The van der Waals surface area contributed by atoms with Gasteiger partial charge in [-0.1, -0.05) is 45.8 Å². The van der Waals surface area contributed by atoms with E-state index in [9.17, 15) is 4.79 Å². The molecule has 0 radical (unpaired) electrons. The maximum absolute atomic E-state index is 12.3. The first-order chi connectivity index (χ1) is 13.2. The van der Waals surface area contributed by atoms with E-state index in [0.717, 1.165) is 47.1 Å². The van der Waals surface area contributed by atoms with Crippen molar-refractivity contribution in [3.05, 3.63) is 28.0 Å². The van der Waals surface area contributed by atoms with Crippen LogP contribution in [0.15, 0.2) is 12.1 Å². The Hall–Kier alpha value is -0.730. The number of benzene rings is 1. The zero-order valence-corrected chi connectivity index (χ0v) is 20.1. The number of alkyl halides is 1. The van der Waals surface area contributed by atoms with E-state index >= 15 is 0 Å². The van der Waals surface area contributed by atoms with Crippen molar-refractivity contribution in [3.8, 4) is 0 Å². The average molecular weight is 538 g/mol. The second kappa shape index (κ2) is 8.96. The Morgan fingerprint density at radius 2 is 1.89 bits per heavy atom. The number of carbonyl (C=O) groups excluding carboxylic acids is 1. The number of imidazole rings is 1. The van der Waals surface area contributed by atoms with E-state index in [2.05, 4.69) is 27.2 Å². The van der Waals surface area contributed by atoms with E-state index in [1.807, 2.05) is 32.9 Å². The molecule has 1 aromatic carbocycles. The Balaban J connectivity index is 1.81. The number of fused-ring (bicyclic) bond motifs is 1. The van der Waals surface area contributed by atoms with Crippen LogP contribution in [0.2, 0.25) is 10.0 Å². The van der Waals surface area contributed by atoms with Gasteiger partial charge in [-0.15, -0.1) is 0 Å². The van der Waals surface area contributed by atoms with Crippen molar-refractivity contribution in [1.82, 2.24) is 14.5 Å². The zero-order chi connectivity index (χ0) is 20.5. The lowest BCUT2D eigenvalue weighted by atomic mass is 9.96. The van der Waals surface area contributed by atoms with E-state index in [1.165, 1.54) is 0 Å². The molecule has 2 heterocycles. The molecular formula is C20H26Cl2IN3O2. The van der Waals surface area contributed by atoms with E-state index in [0.29, 0.717) is 29.1 Å². The third-order valence-electron chi connectivity index (χ3n) is 4.85. The van der Waals surface area contributed by atoms with Gasteiger partial charge in [0.25, 0.3) is 0 Å². The van der Waals surface area contributed by atoms with Gasteiger partial charge in [0.1, 0.15) is 11.4 Å². The second-order valence-electron chi connectivity index (χ2n) is 8.16. The molecule has 0 spiro atoms. The van der Waals surface area contributed by atoms with Gasteiger partial charge in [0.2, 0.25) is 0 Å². The highest BCUT2D eigenvalue weighted by atomic mass is 127. The van der Waals surface area contributed by atoms with Crippen LogP contribution in [0.4, 0.5) is 4.79 Å². The number of piperidine rings is 1. The van der Waals surface area contributed by atoms with Crippen LogP contribution in [-0.4, -0.2) is 43.7 Å². The summed E-state index contributed by atoms with van der Waals surface area (Å²) in [6.45, 7) is 7.93. The largest absolute Gasteiger partial charge is 0.444 e. The van der Waals surface area contributed by atoms with Gasteiger partial charge in [0.15, 0.2) is 0 Å². The molecular weight excluding hydrogens is 512 g/mol. The minimum Gasteiger partial charge on any atom is -0.444 e. The van der Waals surface area contributed by atoms with E-state index in [4.69, 9.17) is 32.9 Å². The number of halogens is 3. The average Bonchev–Trinajstić information content (AvgIpc) is 2.96. The molecule has 0 N–H and O–H groups in total. The Labute approximate surface area is 189 Å². The number of hydrogen-bond donors (Lipinski definition) is 0. The fraction of sp³-hybridized carbons (Fsp3) is 0.600. The lowest BCUT2D eigenvalue weighted by molar-refractivity contribution is 0.0202. The van der Waals surface area contributed by atoms with Crippen molar-refractivity contribution < 1.29 is 9.53 Å². The van der Waals surface area contributed by atoms with Crippen molar-refractivity contribution in [2.45, 2.75) is 58.1 Å². The smallest absolute Gasteiger partial charge is 0.410 e. The number of nitrogens with zero attached hydrogens (tertiary/aromatic N) is 3. The van der Waals surface area contributed by atoms with Crippen molar-refractivity contribution in [1.29, 1.82) is 0 Å². The molecule has 0 saturated carbocycles. The third kappa shape index (κ3) is 5.05. The second-order valence-corrected chi connectivity index (χ2v) is 10.1.